The van der Waals surface area contributed by atoms with E-state index in [-0.39, 0.29) is 12.1 Å². The lowest BCUT2D eigenvalue weighted by atomic mass is 10.1. The molecule has 0 heterocycles. The van der Waals surface area contributed by atoms with Gasteiger partial charge in [-0.25, -0.2) is 0 Å². The molecule has 90 valence electrons. The molecular formula is C11H14Cl3NO. The monoisotopic (exact) mass is 281 g/mol. The van der Waals surface area contributed by atoms with Gasteiger partial charge in [-0.2, -0.15) is 0 Å². The molecular weight excluding hydrogens is 268 g/mol. The Morgan fingerprint density at radius 2 is 1.75 bits per heavy atom. The van der Waals surface area contributed by atoms with Crippen molar-refractivity contribution in [2.24, 2.45) is 5.73 Å². The second-order valence-electron chi connectivity index (χ2n) is 3.59. The van der Waals surface area contributed by atoms with Crippen LogP contribution in [0.25, 0.3) is 0 Å². The third kappa shape index (κ3) is 3.42. The van der Waals surface area contributed by atoms with Gasteiger partial charge in [0.1, 0.15) is 6.10 Å². The summed E-state index contributed by atoms with van der Waals surface area (Å²) in [6.07, 6.45) is 0.672. The third-order valence-electron chi connectivity index (χ3n) is 2.34. The molecule has 0 fully saturated rings. The highest BCUT2D eigenvalue weighted by atomic mass is 35.5. The Hall–Kier alpha value is -0.150. The molecule has 5 heteroatoms. The molecule has 2 unspecified atom stereocenters. The number of rotatable bonds is 4. The van der Waals surface area contributed by atoms with Gasteiger partial charge in [-0.3, -0.25) is 0 Å². The number of hydrogen-bond donors (Lipinski definition) is 1. The maximum atomic E-state index is 5.99. The molecule has 2 atom stereocenters. The van der Waals surface area contributed by atoms with Gasteiger partial charge in [0.25, 0.3) is 0 Å². The van der Waals surface area contributed by atoms with Crippen molar-refractivity contribution in [3.05, 3.63) is 27.2 Å². The molecule has 0 bridgehead atoms. The number of ether oxygens (including phenoxy) is 1. The maximum absolute atomic E-state index is 5.99. The molecule has 0 spiro atoms. The zero-order valence-corrected chi connectivity index (χ0v) is 11.4. The van der Waals surface area contributed by atoms with Crippen LogP contribution < -0.4 is 10.5 Å². The predicted octanol–water partition coefficient (Wildman–Crippen LogP) is 4.15. The topological polar surface area (TPSA) is 35.2 Å². The molecule has 1 aromatic rings. The third-order valence-corrected chi connectivity index (χ3v) is 3.12. The number of hydrogen-bond acceptors (Lipinski definition) is 2. The molecule has 0 amide bonds. The first-order valence-corrected chi connectivity index (χ1v) is 6.15. The van der Waals surface area contributed by atoms with Crippen LogP contribution in [0.15, 0.2) is 12.1 Å². The Bertz CT molecular complexity index is 347. The summed E-state index contributed by atoms with van der Waals surface area (Å²) in [7, 11) is 0. The summed E-state index contributed by atoms with van der Waals surface area (Å²) in [5.41, 5.74) is 5.86. The zero-order valence-electron chi connectivity index (χ0n) is 9.14. The molecule has 0 aliphatic rings. The summed E-state index contributed by atoms with van der Waals surface area (Å²) in [6.45, 7) is 3.88. The summed E-state index contributed by atoms with van der Waals surface area (Å²) >= 11 is 17.8. The largest absolute Gasteiger partial charge is 0.486 e. The highest BCUT2D eigenvalue weighted by molar-refractivity contribution is 6.40. The summed E-state index contributed by atoms with van der Waals surface area (Å²) in [4.78, 5) is 0. The Kier molecular flexibility index (Phi) is 5.19. The molecule has 16 heavy (non-hydrogen) atoms. The van der Waals surface area contributed by atoms with Crippen molar-refractivity contribution in [2.45, 2.75) is 32.4 Å². The molecule has 2 N–H and O–H groups in total. The van der Waals surface area contributed by atoms with E-state index in [1.54, 1.807) is 12.1 Å². The Labute approximate surface area is 111 Å². The van der Waals surface area contributed by atoms with Crippen molar-refractivity contribution in [3.63, 3.8) is 0 Å². The van der Waals surface area contributed by atoms with Gasteiger partial charge in [0, 0.05) is 11.1 Å². The van der Waals surface area contributed by atoms with Gasteiger partial charge < -0.3 is 10.5 Å². The van der Waals surface area contributed by atoms with Crippen molar-refractivity contribution in [3.8, 4) is 5.75 Å². The van der Waals surface area contributed by atoms with E-state index >= 15 is 0 Å². The molecule has 0 aliphatic carbocycles. The Morgan fingerprint density at radius 1 is 1.25 bits per heavy atom. The van der Waals surface area contributed by atoms with Crippen molar-refractivity contribution < 1.29 is 4.74 Å². The van der Waals surface area contributed by atoms with Crippen LogP contribution in [0.4, 0.5) is 0 Å². The normalized spacial score (nSPS) is 14.6. The van der Waals surface area contributed by atoms with E-state index in [1.165, 1.54) is 0 Å². The minimum absolute atomic E-state index is 0.0530. The fourth-order valence-electron chi connectivity index (χ4n) is 1.25. The fraction of sp³-hybridized carbons (Fsp3) is 0.455. The van der Waals surface area contributed by atoms with Crippen molar-refractivity contribution in [1.29, 1.82) is 0 Å². The zero-order chi connectivity index (χ0) is 12.3. The lowest BCUT2D eigenvalue weighted by Gasteiger charge is -2.21. The highest BCUT2D eigenvalue weighted by Crippen LogP contribution is 2.36. The van der Waals surface area contributed by atoms with Crippen LogP contribution >= 0.6 is 34.8 Å². The van der Waals surface area contributed by atoms with E-state index < -0.39 is 0 Å². The quantitative estimate of drug-likeness (QED) is 0.900. The molecule has 0 aromatic heterocycles. The van der Waals surface area contributed by atoms with Crippen LogP contribution in [0.5, 0.6) is 5.75 Å². The first-order chi connectivity index (χ1) is 7.45. The van der Waals surface area contributed by atoms with Crippen LogP contribution in [0.2, 0.25) is 15.1 Å². The van der Waals surface area contributed by atoms with Crippen LogP contribution in [-0.2, 0) is 0 Å². The van der Waals surface area contributed by atoms with E-state index in [1.807, 2.05) is 13.8 Å². The second-order valence-corrected chi connectivity index (χ2v) is 4.84. The first-order valence-electron chi connectivity index (χ1n) is 5.02. The summed E-state index contributed by atoms with van der Waals surface area (Å²) < 4.78 is 5.64. The van der Waals surface area contributed by atoms with E-state index in [0.29, 0.717) is 20.8 Å². The molecule has 0 saturated carbocycles. The summed E-state index contributed by atoms with van der Waals surface area (Å²) in [5.74, 6) is 0.434. The number of benzene rings is 1. The molecule has 0 aliphatic heterocycles. The van der Waals surface area contributed by atoms with Gasteiger partial charge in [-0.05, 0) is 25.5 Å². The summed E-state index contributed by atoms with van der Waals surface area (Å²) in [5, 5.41) is 1.27. The molecule has 1 aromatic carbocycles. The standard InChI is InChI=1S/C11H14Cl3NO/c1-3-10(15)6(2)16-11-8(13)4-7(12)5-9(11)14/h4-6,10H,3,15H2,1-2H3. The van der Waals surface area contributed by atoms with E-state index in [4.69, 9.17) is 45.3 Å². The Balaban J connectivity index is 2.89. The molecule has 0 saturated heterocycles. The SMILES string of the molecule is CCC(N)C(C)Oc1c(Cl)cc(Cl)cc1Cl. The van der Waals surface area contributed by atoms with Gasteiger partial charge in [-0.15, -0.1) is 0 Å². The molecule has 1 rings (SSSR count). The summed E-state index contributed by atoms with van der Waals surface area (Å²) in [6, 6.07) is 3.13. The smallest absolute Gasteiger partial charge is 0.157 e. The first kappa shape index (κ1) is 13.9. The average Bonchev–Trinajstić information content (AvgIpc) is 2.21. The lowest BCUT2D eigenvalue weighted by molar-refractivity contribution is 0.187. The molecule has 0 radical (unpaired) electrons. The lowest BCUT2D eigenvalue weighted by Crippen LogP contribution is -2.36. The minimum atomic E-state index is -0.152. The highest BCUT2D eigenvalue weighted by Gasteiger charge is 2.16. The van der Waals surface area contributed by atoms with Gasteiger partial charge >= 0.3 is 0 Å². The van der Waals surface area contributed by atoms with Crippen LogP contribution in [0.3, 0.4) is 0 Å². The van der Waals surface area contributed by atoms with Gasteiger partial charge in [0.2, 0.25) is 0 Å². The molecule has 2 nitrogen and oxygen atoms in total. The predicted molar refractivity (Wildman–Crippen MR) is 69.8 cm³/mol. The second kappa shape index (κ2) is 5.97. The van der Waals surface area contributed by atoms with E-state index in [2.05, 4.69) is 0 Å². The van der Waals surface area contributed by atoms with Crippen molar-refractivity contribution in [2.75, 3.05) is 0 Å². The Morgan fingerprint density at radius 3 is 2.19 bits per heavy atom. The minimum Gasteiger partial charge on any atom is -0.486 e. The van der Waals surface area contributed by atoms with E-state index in [9.17, 15) is 0 Å². The van der Waals surface area contributed by atoms with Crippen molar-refractivity contribution >= 4 is 34.8 Å². The van der Waals surface area contributed by atoms with Gasteiger partial charge in [-0.1, -0.05) is 41.7 Å². The fourth-order valence-corrected chi connectivity index (χ4v) is 2.15. The van der Waals surface area contributed by atoms with Crippen LogP contribution in [0.1, 0.15) is 20.3 Å². The van der Waals surface area contributed by atoms with Crippen LogP contribution in [-0.4, -0.2) is 12.1 Å². The van der Waals surface area contributed by atoms with Gasteiger partial charge in [0.05, 0.1) is 10.0 Å². The number of halogens is 3. The average molecular weight is 283 g/mol. The maximum Gasteiger partial charge on any atom is 0.157 e. The van der Waals surface area contributed by atoms with Crippen molar-refractivity contribution in [1.82, 2.24) is 0 Å². The van der Waals surface area contributed by atoms with Gasteiger partial charge in [0.15, 0.2) is 5.75 Å². The van der Waals surface area contributed by atoms with E-state index in [0.717, 1.165) is 6.42 Å². The number of nitrogens with two attached hydrogens (primary N) is 1. The van der Waals surface area contributed by atoms with Crippen LogP contribution in [0, 0.1) is 0 Å².